The fourth-order valence-electron chi connectivity index (χ4n) is 7.61. The minimum absolute atomic E-state index is 0.0794. The second kappa shape index (κ2) is 52.0. The monoisotopic (exact) mass is 987 g/mol. The molecule has 0 rings (SSSR count). The van der Waals surface area contributed by atoms with E-state index in [0.717, 1.165) is 83.5 Å². The molecule has 0 saturated carbocycles. The molecule has 0 saturated heterocycles. The number of carbonyl (C=O) groups excluding carboxylic acids is 1. The summed E-state index contributed by atoms with van der Waals surface area (Å²) in [5, 5.41) is 0. The number of allylic oxidation sites excluding steroid dienone is 14. The molecule has 2 unspecified atom stereocenters. The van der Waals surface area contributed by atoms with Crippen LogP contribution in [-0.4, -0.2) is 75.6 Å². The Morgan fingerprint density at radius 2 is 0.841 bits per heavy atom. The van der Waals surface area contributed by atoms with E-state index in [1.165, 1.54) is 128 Å². The van der Waals surface area contributed by atoms with E-state index in [-0.39, 0.29) is 25.8 Å². The van der Waals surface area contributed by atoms with Crippen LogP contribution >= 0.6 is 7.82 Å². The molecule has 69 heavy (non-hydrogen) atoms. The lowest BCUT2D eigenvalue weighted by atomic mass is 10.0. The summed E-state index contributed by atoms with van der Waals surface area (Å²) in [4.78, 5) is 23.1. The SMILES string of the molecule is CC/C=C\C/C=C\C/C=C\C/C=C\C/C=C\C/C=C\CCCCCCC(=O)OC(COCCCCCCCCCCCCCC/C=C\CCCCCCCCCC)COP(=O)(O)OCC[N+](C)(C)C. The first-order chi connectivity index (χ1) is 33.6. The van der Waals surface area contributed by atoms with Gasteiger partial charge < -0.3 is 18.9 Å². The molecule has 1 N–H and O–H groups in total. The van der Waals surface area contributed by atoms with Crippen molar-refractivity contribution in [1.29, 1.82) is 0 Å². The third-order valence-corrected chi connectivity index (χ3v) is 12.9. The van der Waals surface area contributed by atoms with Crippen LogP contribution in [0.4, 0.5) is 0 Å². The number of ether oxygens (including phenoxy) is 2. The van der Waals surface area contributed by atoms with Gasteiger partial charge in [-0.05, 0) is 89.9 Å². The maximum atomic E-state index is 12.8. The summed E-state index contributed by atoms with van der Waals surface area (Å²) < 4.78 is 35.2. The lowest BCUT2D eigenvalue weighted by molar-refractivity contribution is -0.870. The first-order valence-corrected chi connectivity index (χ1v) is 29.8. The first-order valence-electron chi connectivity index (χ1n) is 28.3. The van der Waals surface area contributed by atoms with Crippen LogP contribution < -0.4 is 0 Å². The maximum absolute atomic E-state index is 12.8. The molecule has 0 aliphatic carbocycles. The number of hydrogen-bond donors (Lipinski definition) is 1. The van der Waals surface area contributed by atoms with Crippen molar-refractivity contribution in [2.45, 2.75) is 238 Å². The van der Waals surface area contributed by atoms with E-state index < -0.39 is 13.9 Å². The first kappa shape index (κ1) is 66.7. The Hall–Kier alpha value is -2.32. The van der Waals surface area contributed by atoms with Crippen LogP contribution in [0.25, 0.3) is 0 Å². The quantitative estimate of drug-likeness (QED) is 0.0213. The Morgan fingerprint density at radius 1 is 0.464 bits per heavy atom. The molecule has 400 valence electrons. The zero-order valence-corrected chi connectivity index (χ0v) is 46.4. The van der Waals surface area contributed by atoms with Gasteiger partial charge in [0.05, 0.1) is 34.4 Å². The van der Waals surface area contributed by atoms with Crippen LogP contribution in [0.1, 0.15) is 232 Å². The predicted octanol–water partition coefficient (Wildman–Crippen LogP) is 18.0. The molecule has 0 bridgehead atoms. The third-order valence-electron chi connectivity index (χ3n) is 11.9. The van der Waals surface area contributed by atoms with Crippen molar-refractivity contribution < 1.29 is 37.3 Å². The molecule has 9 heteroatoms. The number of esters is 1. The average molecular weight is 988 g/mol. The number of nitrogens with zero attached hydrogens (tertiary/aromatic N) is 1. The summed E-state index contributed by atoms with van der Waals surface area (Å²) in [5.74, 6) is -0.338. The lowest BCUT2D eigenvalue weighted by Crippen LogP contribution is -2.37. The van der Waals surface area contributed by atoms with Gasteiger partial charge >= 0.3 is 13.8 Å². The van der Waals surface area contributed by atoms with Gasteiger partial charge in [-0.25, -0.2) is 4.57 Å². The van der Waals surface area contributed by atoms with E-state index >= 15 is 0 Å². The van der Waals surface area contributed by atoms with Crippen molar-refractivity contribution in [3.63, 3.8) is 0 Å². The van der Waals surface area contributed by atoms with E-state index in [1.54, 1.807) is 0 Å². The highest BCUT2D eigenvalue weighted by atomic mass is 31.2. The molecule has 0 aliphatic rings. The molecule has 0 aromatic heterocycles. The summed E-state index contributed by atoms with van der Waals surface area (Å²) >= 11 is 0. The number of carbonyl (C=O) groups is 1. The standard InChI is InChI=1S/C60H108NO7P/c1-6-8-10-12-14-16-18-20-22-24-26-28-30-32-34-36-38-40-42-44-46-48-50-52-55-65-57-59(58-67-69(63,64)66-56-54-61(3,4)5)68-60(62)53-51-49-47-45-43-41-39-37-35-33-31-29-27-25-23-21-19-17-15-13-11-9-7-2/h9,11,15,17,21,23-24,26-27,29,33,35,39,41,59H,6-8,10,12-14,16,18-20,22,25,28,30-32,34,36-38,40,42-58H2,1-5H3/p+1/b11-9-,17-15-,23-21-,26-24-,29-27-,35-33-,41-39-. The van der Waals surface area contributed by atoms with Crippen molar-refractivity contribution in [2.75, 3.05) is 54.1 Å². The number of rotatable bonds is 52. The summed E-state index contributed by atoms with van der Waals surface area (Å²) in [6.07, 6.45) is 70.7. The van der Waals surface area contributed by atoms with Crippen molar-refractivity contribution in [2.24, 2.45) is 0 Å². The van der Waals surface area contributed by atoms with Gasteiger partial charge in [0.15, 0.2) is 0 Å². The van der Waals surface area contributed by atoms with Crippen molar-refractivity contribution in [3.8, 4) is 0 Å². The molecule has 2 atom stereocenters. The Balaban J connectivity index is 4.16. The number of likely N-dealkylation sites (N-methyl/N-ethyl adjacent to an activating group) is 1. The molecule has 0 aromatic rings. The molecule has 0 aliphatic heterocycles. The van der Waals surface area contributed by atoms with Gasteiger partial charge in [-0.15, -0.1) is 0 Å². The number of phosphoric ester groups is 1. The lowest BCUT2D eigenvalue weighted by Gasteiger charge is -2.24. The highest BCUT2D eigenvalue weighted by molar-refractivity contribution is 7.47. The van der Waals surface area contributed by atoms with Crippen LogP contribution in [0.3, 0.4) is 0 Å². The molecular formula is C60H109NO7P+. The molecule has 0 fully saturated rings. The highest BCUT2D eigenvalue weighted by Crippen LogP contribution is 2.43. The summed E-state index contributed by atoms with van der Waals surface area (Å²) in [6.45, 7) is 5.48. The number of hydrogen-bond acceptors (Lipinski definition) is 6. The van der Waals surface area contributed by atoms with E-state index in [1.807, 2.05) is 21.1 Å². The van der Waals surface area contributed by atoms with Crippen molar-refractivity contribution >= 4 is 13.8 Å². The van der Waals surface area contributed by atoms with Crippen molar-refractivity contribution in [1.82, 2.24) is 0 Å². The minimum atomic E-state index is -4.30. The van der Waals surface area contributed by atoms with Crippen molar-refractivity contribution in [3.05, 3.63) is 85.1 Å². The summed E-state index contributed by atoms with van der Waals surface area (Å²) in [5.41, 5.74) is 0. The van der Waals surface area contributed by atoms with E-state index in [0.29, 0.717) is 24.1 Å². The van der Waals surface area contributed by atoms with Gasteiger partial charge in [-0.3, -0.25) is 13.8 Å². The second-order valence-corrected chi connectivity index (χ2v) is 21.4. The molecule has 0 radical (unpaired) electrons. The van der Waals surface area contributed by atoms with E-state index in [4.69, 9.17) is 18.5 Å². The second-order valence-electron chi connectivity index (χ2n) is 19.9. The molecule has 0 amide bonds. The number of quaternary nitrogens is 1. The maximum Gasteiger partial charge on any atom is 0.472 e. The predicted molar refractivity (Wildman–Crippen MR) is 298 cm³/mol. The van der Waals surface area contributed by atoms with Gasteiger partial charge in [0.2, 0.25) is 0 Å². The van der Waals surface area contributed by atoms with Crippen LogP contribution in [0.5, 0.6) is 0 Å². The Kier molecular flexibility index (Phi) is 50.3. The smallest absolute Gasteiger partial charge is 0.457 e. The fraction of sp³-hybridized carbons (Fsp3) is 0.750. The summed E-state index contributed by atoms with van der Waals surface area (Å²) in [6, 6.07) is 0. The minimum Gasteiger partial charge on any atom is -0.457 e. The Labute approximate surface area is 426 Å². The van der Waals surface area contributed by atoms with Gasteiger partial charge in [-0.2, -0.15) is 0 Å². The third kappa shape index (κ3) is 56.5. The zero-order chi connectivity index (χ0) is 50.5. The van der Waals surface area contributed by atoms with Crippen LogP contribution in [0.15, 0.2) is 85.1 Å². The largest absolute Gasteiger partial charge is 0.472 e. The van der Waals surface area contributed by atoms with Gasteiger partial charge in [0, 0.05) is 13.0 Å². The molecular weight excluding hydrogens is 878 g/mol. The Morgan fingerprint density at radius 3 is 1.28 bits per heavy atom. The topological polar surface area (TPSA) is 91.3 Å². The molecule has 0 spiro atoms. The van der Waals surface area contributed by atoms with E-state index in [9.17, 15) is 14.3 Å². The molecule has 0 aromatic carbocycles. The summed E-state index contributed by atoms with van der Waals surface area (Å²) in [7, 11) is 1.64. The van der Waals surface area contributed by atoms with E-state index in [2.05, 4.69) is 98.9 Å². The number of phosphoric acid groups is 1. The molecule has 0 heterocycles. The van der Waals surface area contributed by atoms with Gasteiger partial charge in [0.1, 0.15) is 19.3 Å². The highest BCUT2D eigenvalue weighted by Gasteiger charge is 2.26. The van der Waals surface area contributed by atoms with Crippen LogP contribution in [-0.2, 0) is 27.9 Å². The van der Waals surface area contributed by atoms with Crippen LogP contribution in [0.2, 0.25) is 0 Å². The zero-order valence-electron chi connectivity index (χ0n) is 45.5. The molecule has 8 nitrogen and oxygen atoms in total. The van der Waals surface area contributed by atoms with Gasteiger partial charge in [0.25, 0.3) is 0 Å². The fourth-order valence-corrected chi connectivity index (χ4v) is 8.35. The van der Waals surface area contributed by atoms with Gasteiger partial charge in [-0.1, -0.05) is 221 Å². The normalized spacial score (nSPS) is 14.1. The Bertz CT molecular complexity index is 1380. The average Bonchev–Trinajstić information content (AvgIpc) is 3.31. The van der Waals surface area contributed by atoms with Crippen LogP contribution in [0, 0.1) is 0 Å². The number of unbranched alkanes of at least 4 members (excludes halogenated alkanes) is 24.